The van der Waals surface area contributed by atoms with Crippen molar-refractivity contribution in [1.82, 2.24) is 4.98 Å². The number of pyridine rings is 1. The summed E-state index contributed by atoms with van der Waals surface area (Å²) in [6, 6.07) is 5.69. The van der Waals surface area contributed by atoms with Gasteiger partial charge in [0.05, 0.1) is 12.1 Å². The molecule has 1 aromatic heterocycles. The van der Waals surface area contributed by atoms with E-state index in [2.05, 4.69) is 15.0 Å². The number of nitrogens with zero attached hydrogens (tertiary/aromatic N) is 3. The van der Waals surface area contributed by atoms with E-state index in [1.165, 1.54) is 12.1 Å². The summed E-state index contributed by atoms with van der Waals surface area (Å²) in [7, 11) is 0. The third kappa shape index (κ3) is 1.87. The van der Waals surface area contributed by atoms with Crippen LogP contribution in [0.5, 0.6) is 0 Å². The van der Waals surface area contributed by atoms with E-state index in [1.807, 2.05) is 0 Å². The zero-order valence-electron chi connectivity index (χ0n) is 8.14. The van der Waals surface area contributed by atoms with Crippen LogP contribution in [0.3, 0.4) is 0 Å². The average Bonchev–Trinajstić information content (AvgIpc) is 2.26. The van der Waals surface area contributed by atoms with Gasteiger partial charge in [0.1, 0.15) is 5.82 Å². The summed E-state index contributed by atoms with van der Waals surface area (Å²) >= 11 is 0. The van der Waals surface area contributed by atoms with E-state index in [1.54, 1.807) is 12.1 Å². The summed E-state index contributed by atoms with van der Waals surface area (Å²) < 4.78 is 12.9. The van der Waals surface area contributed by atoms with Crippen LogP contribution in [-0.2, 0) is 6.54 Å². The molecule has 1 aromatic carbocycles. The van der Waals surface area contributed by atoms with Crippen LogP contribution < -0.4 is 5.56 Å². The highest BCUT2D eigenvalue weighted by molar-refractivity contribution is 5.78. The van der Waals surface area contributed by atoms with Crippen molar-refractivity contribution < 1.29 is 4.39 Å². The number of H-pyrrole nitrogens is 1. The molecule has 5 nitrogen and oxygen atoms in total. The molecule has 0 radical (unpaired) electrons. The molecule has 0 aliphatic rings. The van der Waals surface area contributed by atoms with Gasteiger partial charge in [0.15, 0.2) is 0 Å². The number of nitrogens with one attached hydrogen (secondary N) is 1. The number of rotatable bonds is 2. The third-order valence-corrected chi connectivity index (χ3v) is 2.19. The molecule has 0 saturated carbocycles. The van der Waals surface area contributed by atoms with Gasteiger partial charge in [-0.1, -0.05) is 5.11 Å². The Balaban J connectivity index is 2.62. The summed E-state index contributed by atoms with van der Waals surface area (Å²) in [6.07, 6.45) is 0. The van der Waals surface area contributed by atoms with Gasteiger partial charge in [-0.15, -0.1) is 0 Å². The minimum atomic E-state index is -0.411. The number of benzene rings is 1. The Kier molecular flexibility index (Phi) is 2.57. The lowest BCUT2D eigenvalue weighted by atomic mass is 10.1. The van der Waals surface area contributed by atoms with Crippen LogP contribution in [0.2, 0.25) is 0 Å². The summed E-state index contributed by atoms with van der Waals surface area (Å²) in [5, 5.41) is 4.01. The van der Waals surface area contributed by atoms with Crippen molar-refractivity contribution in [3.8, 4) is 0 Å². The smallest absolute Gasteiger partial charge is 0.251 e. The van der Waals surface area contributed by atoms with Gasteiger partial charge in [-0.25, -0.2) is 4.39 Å². The summed E-state index contributed by atoms with van der Waals surface area (Å²) in [5.74, 6) is -0.411. The molecule has 0 unspecified atom stereocenters. The molecule has 1 heterocycles. The van der Waals surface area contributed by atoms with Gasteiger partial charge in [-0.2, -0.15) is 0 Å². The molecule has 0 aliphatic carbocycles. The zero-order valence-corrected chi connectivity index (χ0v) is 8.14. The van der Waals surface area contributed by atoms with Crippen LogP contribution in [0.4, 0.5) is 4.39 Å². The number of halogens is 1. The third-order valence-electron chi connectivity index (χ3n) is 2.19. The van der Waals surface area contributed by atoms with Crippen molar-refractivity contribution in [1.29, 1.82) is 0 Å². The monoisotopic (exact) mass is 218 g/mol. The van der Waals surface area contributed by atoms with Gasteiger partial charge in [0, 0.05) is 10.5 Å². The van der Waals surface area contributed by atoms with Crippen LogP contribution in [0.1, 0.15) is 5.56 Å². The quantitative estimate of drug-likeness (QED) is 0.468. The lowest BCUT2D eigenvalue weighted by Crippen LogP contribution is -2.11. The Morgan fingerprint density at radius 1 is 1.44 bits per heavy atom. The van der Waals surface area contributed by atoms with Gasteiger partial charge in [0.2, 0.25) is 0 Å². The van der Waals surface area contributed by atoms with Crippen LogP contribution in [0.15, 0.2) is 34.2 Å². The van der Waals surface area contributed by atoms with E-state index in [9.17, 15) is 9.18 Å². The summed E-state index contributed by atoms with van der Waals surface area (Å²) in [4.78, 5) is 16.6. The predicted molar refractivity (Wildman–Crippen MR) is 57.4 cm³/mol. The fourth-order valence-corrected chi connectivity index (χ4v) is 1.44. The minimum Gasteiger partial charge on any atom is -0.322 e. The molecule has 0 fully saturated rings. The Hall–Kier alpha value is -2.33. The largest absolute Gasteiger partial charge is 0.322 e. The van der Waals surface area contributed by atoms with Gasteiger partial charge in [0.25, 0.3) is 5.56 Å². The second-order valence-electron chi connectivity index (χ2n) is 3.24. The lowest BCUT2D eigenvalue weighted by Gasteiger charge is -2.00. The van der Waals surface area contributed by atoms with Crippen molar-refractivity contribution in [2.75, 3.05) is 0 Å². The fraction of sp³-hybridized carbons (Fsp3) is 0.100. The molecule has 2 aromatic rings. The maximum atomic E-state index is 12.9. The number of fused-ring (bicyclic) bond motifs is 1. The maximum absolute atomic E-state index is 12.9. The second kappa shape index (κ2) is 4.04. The Morgan fingerprint density at radius 2 is 2.25 bits per heavy atom. The topological polar surface area (TPSA) is 81.6 Å². The second-order valence-corrected chi connectivity index (χ2v) is 3.24. The average molecular weight is 218 g/mol. The number of aromatic amines is 1. The van der Waals surface area contributed by atoms with Crippen LogP contribution in [0, 0.1) is 5.82 Å². The fourth-order valence-electron chi connectivity index (χ4n) is 1.44. The van der Waals surface area contributed by atoms with Crippen molar-refractivity contribution in [3.63, 3.8) is 0 Å². The van der Waals surface area contributed by atoms with Gasteiger partial charge in [-0.3, -0.25) is 4.79 Å². The maximum Gasteiger partial charge on any atom is 0.251 e. The first-order valence-electron chi connectivity index (χ1n) is 4.53. The van der Waals surface area contributed by atoms with Crippen LogP contribution in [0.25, 0.3) is 21.3 Å². The first-order valence-corrected chi connectivity index (χ1v) is 4.53. The van der Waals surface area contributed by atoms with Crippen LogP contribution in [-0.4, -0.2) is 4.98 Å². The van der Waals surface area contributed by atoms with Gasteiger partial charge in [-0.05, 0) is 35.2 Å². The zero-order chi connectivity index (χ0) is 11.5. The molecular formula is C10H7FN4O. The van der Waals surface area contributed by atoms with E-state index >= 15 is 0 Å². The SMILES string of the molecule is [N-]=[N+]=NCc1cc2ccc(F)cc2[nH]c1=O. The molecular weight excluding hydrogens is 211 g/mol. The molecule has 2 rings (SSSR count). The van der Waals surface area contributed by atoms with Crippen molar-refractivity contribution in [2.45, 2.75) is 6.54 Å². The van der Waals surface area contributed by atoms with E-state index in [4.69, 9.17) is 5.53 Å². The summed E-state index contributed by atoms with van der Waals surface area (Å²) in [5.41, 5.74) is 8.58. The molecule has 0 bridgehead atoms. The Labute approximate surface area is 89.2 Å². The van der Waals surface area contributed by atoms with Crippen molar-refractivity contribution in [3.05, 3.63) is 56.4 Å². The molecule has 6 heteroatoms. The standard InChI is InChI=1S/C10H7FN4O/c11-8-2-1-6-3-7(5-13-15-12)10(16)14-9(6)4-8/h1-4H,5H2,(H,14,16). The number of aromatic nitrogens is 1. The first-order chi connectivity index (χ1) is 7.70. The molecule has 0 aliphatic heterocycles. The highest BCUT2D eigenvalue weighted by Gasteiger charge is 2.02. The minimum absolute atomic E-state index is 0.0147. The molecule has 80 valence electrons. The van der Waals surface area contributed by atoms with Crippen molar-refractivity contribution in [2.24, 2.45) is 5.11 Å². The van der Waals surface area contributed by atoms with E-state index in [0.29, 0.717) is 16.5 Å². The van der Waals surface area contributed by atoms with Gasteiger partial charge < -0.3 is 4.98 Å². The van der Waals surface area contributed by atoms with Gasteiger partial charge >= 0.3 is 0 Å². The molecule has 0 atom stereocenters. The number of azide groups is 1. The first kappa shape index (κ1) is 10.2. The lowest BCUT2D eigenvalue weighted by molar-refractivity contribution is 0.629. The highest BCUT2D eigenvalue weighted by atomic mass is 19.1. The highest BCUT2D eigenvalue weighted by Crippen LogP contribution is 2.12. The molecule has 0 amide bonds. The van der Waals surface area contributed by atoms with E-state index in [0.717, 1.165) is 0 Å². The Morgan fingerprint density at radius 3 is 3.00 bits per heavy atom. The predicted octanol–water partition coefficient (Wildman–Crippen LogP) is 2.48. The van der Waals surface area contributed by atoms with Crippen molar-refractivity contribution >= 4 is 10.9 Å². The normalized spacial score (nSPS) is 10.1. The van der Waals surface area contributed by atoms with E-state index in [-0.39, 0.29) is 12.1 Å². The molecule has 0 saturated heterocycles. The van der Waals surface area contributed by atoms with Crippen LogP contribution >= 0.6 is 0 Å². The van der Waals surface area contributed by atoms with E-state index < -0.39 is 5.82 Å². The molecule has 1 N–H and O–H groups in total. The number of hydrogen-bond donors (Lipinski definition) is 1. The molecule has 0 spiro atoms. The Bertz CT molecular complexity index is 643. The summed E-state index contributed by atoms with van der Waals surface area (Å²) in [6.45, 7) is -0.0147. The molecule has 16 heavy (non-hydrogen) atoms. The number of hydrogen-bond acceptors (Lipinski definition) is 2.